The normalized spacial score (nSPS) is 25.1. The zero-order chi connectivity index (χ0) is 22.6. The number of ether oxygens (including phenoxy) is 1. The number of fused-ring (bicyclic) bond motifs is 5. The van der Waals surface area contributed by atoms with E-state index in [1.54, 1.807) is 6.92 Å². The zero-order valence-electron chi connectivity index (χ0n) is 19.0. The predicted molar refractivity (Wildman–Crippen MR) is 120 cm³/mol. The van der Waals surface area contributed by atoms with Crippen LogP contribution in [0.2, 0.25) is 0 Å². The van der Waals surface area contributed by atoms with E-state index in [1.165, 1.54) is 0 Å². The van der Waals surface area contributed by atoms with E-state index < -0.39 is 0 Å². The summed E-state index contributed by atoms with van der Waals surface area (Å²) in [5, 5.41) is 0.883. The molecule has 0 spiro atoms. The summed E-state index contributed by atoms with van der Waals surface area (Å²) in [5.74, 6) is 1.51. The third-order valence-corrected chi connectivity index (χ3v) is 7.71. The van der Waals surface area contributed by atoms with Crippen molar-refractivity contribution in [2.45, 2.75) is 52.5 Å². The largest absolute Gasteiger partial charge is 0.483 e. The molecular weight excluding hydrogens is 408 g/mol. The maximum atomic E-state index is 13.0. The molecule has 170 valence electrons. The highest BCUT2D eigenvalue weighted by atomic mass is 16.5. The van der Waals surface area contributed by atoms with E-state index >= 15 is 0 Å². The number of carbonyl (C=O) groups is 2. The van der Waals surface area contributed by atoms with Crippen LogP contribution in [0.3, 0.4) is 0 Å². The van der Waals surface area contributed by atoms with Gasteiger partial charge in [0.15, 0.2) is 6.61 Å². The van der Waals surface area contributed by atoms with Gasteiger partial charge in [-0.25, -0.2) is 4.79 Å². The van der Waals surface area contributed by atoms with Crippen LogP contribution >= 0.6 is 0 Å². The van der Waals surface area contributed by atoms with E-state index in [1.807, 2.05) is 30.9 Å². The van der Waals surface area contributed by atoms with Crippen LogP contribution in [0.25, 0.3) is 11.0 Å². The number of carbonyl (C=O) groups excluding carboxylic acids is 2. The maximum Gasteiger partial charge on any atom is 0.339 e. The van der Waals surface area contributed by atoms with Crippen molar-refractivity contribution in [1.29, 1.82) is 0 Å². The second-order valence-electron chi connectivity index (χ2n) is 9.66. The molecule has 3 fully saturated rings. The van der Waals surface area contributed by atoms with Crippen LogP contribution in [0.15, 0.2) is 21.3 Å². The fourth-order valence-electron chi connectivity index (χ4n) is 5.83. The SMILES string of the molecule is Cc1c(C)c2ccc(OCC(=O)N3CC4CC(C3)C3CCCC(=O)N3C4)c(C)c2oc1=O. The lowest BCUT2D eigenvalue weighted by Gasteiger charge is -2.52. The van der Waals surface area contributed by atoms with Crippen LogP contribution in [-0.4, -0.2) is 53.9 Å². The number of amides is 2. The molecule has 3 aliphatic rings. The molecule has 1 aromatic carbocycles. The van der Waals surface area contributed by atoms with Gasteiger partial charge < -0.3 is 19.0 Å². The van der Waals surface area contributed by atoms with Gasteiger partial charge >= 0.3 is 5.63 Å². The summed E-state index contributed by atoms with van der Waals surface area (Å²) in [4.78, 5) is 41.4. The second-order valence-corrected chi connectivity index (χ2v) is 9.66. The van der Waals surface area contributed by atoms with E-state index in [2.05, 4.69) is 4.90 Å². The molecule has 0 N–H and O–H groups in total. The average molecular weight is 439 g/mol. The number of hydrogen-bond acceptors (Lipinski definition) is 5. The van der Waals surface area contributed by atoms with Crippen LogP contribution in [0.4, 0.5) is 0 Å². The third kappa shape index (κ3) is 3.48. The standard InChI is InChI=1S/C25H30N2O5/c1-14-15(2)25(30)32-24-16(3)21(8-7-19(14)24)31-13-23(29)26-10-17-9-18(12-26)20-5-4-6-22(28)27(20)11-17/h7-8,17-18,20H,4-6,9-13H2,1-3H3. The van der Waals surface area contributed by atoms with Crippen molar-refractivity contribution in [3.05, 3.63) is 39.2 Å². The molecule has 2 aromatic rings. The maximum absolute atomic E-state index is 13.0. The summed E-state index contributed by atoms with van der Waals surface area (Å²) in [6.07, 6.45) is 3.76. The van der Waals surface area contributed by atoms with Crippen molar-refractivity contribution in [2.75, 3.05) is 26.2 Å². The Morgan fingerprint density at radius 2 is 1.91 bits per heavy atom. The minimum absolute atomic E-state index is 0.0312. The minimum Gasteiger partial charge on any atom is -0.483 e. The molecule has 0 radical (unpaired) electrons. The van der Waals surface area contributed by atoms with Crippen molar-refractivity contribution in [2.24, 2.45) is 11.8 Å². The van der Waals surface area contributed by atoms with Crippen LogP contribution in [0, 0.1) is 32.6 Å². The summed E-state index contributed by atoms with van der Waals surface area (Å²) in [6, 6.07) is 4.00. The topological polar surface area (TPSA) is 80.1 Å². The van der Waals surface area contributed by atoms with Crippen LogP contribution in [0.5, 0.6) is 5.75 Å². The number of likely N-dealkylation sites (tertiary alicyclic amines) is 1. The van der Waals surface area contributed by atoms with Crippen molar-refractivity contribution >= 4 is 22.8 Å². The van der Waals surface area contributed by atoms with E-state index in [-0.39, 0.29) is 30.1 Å². The summed E-state index contributed by atoms with van der Waals surface area (Å²) in [6.45, 7) is 7.61. The Balaban J connectivity index is 1.29. The fraction of sp³-hybridized carbons (Fsp3) is 0.560. The summed E-state index contributed by atoms with van der Waals surface area (Å²) in [5.41, 5.74) is 2.40. The molecule has 3 atom stereocenters. The van der Waals surface area contributed by atoms with Crippen molar-refractivity contribution in [1.82, 2.24) is 9.80 Å². The van der Waals surface area contributed by atoms with Crippen LogP contribution < -0.4 is 10.4 Å². The Morgan fingerprint density at radius 3 is 2.72 bits per heavy atom. The van der Waals surface area contributed by atoms with Gasteiger partial charge in [0, 0.05) is 48.6 Å². The fourth-order valence-corrected chi connectivity index (χ4v) is 5.83. The summed E-state index contributed by atoms with van der Waals surface area (Å²) >= 11 is 0. The number of rotatable bonds is 3. The molecule has 3 saturated heterocycles. The molecule has 3 unspecified atom stereocenters. The lowest BCUT2D eigenvalue weighted by atomic mass is 9.76. The molecule has 1 aromatic heterocycles. The Morgan fingerprint density at radius 1 is 1.09 bits per heavy atom. The molecule has 2 bridgehead atoms. The molecule has 7 nitrogen and oxygen atoms in total. The van der Waals surface area contributed by atoms with Crippen molar-refractivity contribution < 1.29 is 18.7 Å². The number of hydrogen-bond donors (Lipinski definition) is 0. The average Bonchev–Trinajstić information content (AvgIpc) is 2.78. The molecule has 4 heterocycles. The predicted octanol–water partition coefficient (Wildman–Crippen LogP) is 2.96. The van der Waals surface area contributed by atoms with Gasteiger partial charge in [0.1, 0.15) is 11.3 Å². The molecule has 2 amide bonds. The molecule has 32 heavy (non-hydrogen) atoms. The molecule has 3 aliphatic heterocycles. The first-order valence-electron chi connectivity index (χ1n) is 11.6. The van der Waals surface area contributed by atoms with Crippen LogP contribution in [0.1, 0.15) is 42.4 Å². The van der Waals surface area contributed by atoms with Gasteiger partial charge in [-0.15, -0.1) is 0 Å². The molecular formula is C25H30N2O5. The quantitative estimate of drug-likeness (QED) is 0.689. The van der Waals surface area contributed by atoms with Crippen molar-refractivity contribution in [3.8, 4) is 5.75 Å². The molecule has 7 heteroatoms. The highest BCUT2D eigenvalue weighted by molar-refractivity contribution is 5.86. The number of nitrogens with zero attached hydrogens (tertiary/aromatic N) is 2. The first-order valence-corrected chi connectivity index (χ1v) is 11.6. The van der Waals surface area contributed by atoms with E-state index in [4.69, 9.17) is 9.15 Å². The third-order valence-electron chi connectivity index (χ3n) is 7.71. The first-order chi connectivity index (χ1) is 15.3. The summed E-state index contributed by atoms with van der Waals surface area (Å²) < 4.78 is 11.4. The monoisotopic (exact) mass is 438 g/mol. The Hall–Kier alpha value is -2.83. The van der Waals surface area contributed by atoms with Gasteiger partial charge in [-0.05, 0) is 69.6 Å². The highest BCUT2D eigenvalue weighted by Crippen LogP contribution is 2.38. The first kappa shape index (κ1) is 21.0. The van der Waals surface area contributed by atoms with Gasteiger partial charge in [0.05, 0.1) is 0 Å². The second kappa shape index (κ2) is 7.94. The van der Waals surface area contributed by atoms with Gasteiger partial charge in [0.25, 0.3) is 5.91 Å². The Kier molecular flexibility index (Phi) is 5.22. The Bertz CT molecular complexity index is 1150. The number of piperidine rings is 3. The molecule has 0 saturated carbocycles. The van der Waals surface area contributed by atoms with E-state index in [9.17, 15) is 14.4 Å². The minimum atomic E-state index is -0.346. The smallest absolute Gasteiger partial charge is 0.339 e. The highest BCUT2D eigenvalue weighted by Gasteiger charge is 2.44. The van der Waals surface area contributed by atoms with E-state index in [0.717, 1.165) is 42.3 Å². The molecule has 0 aliphatic carbocycles. The van der Waals surface area contributed by atoms with Gasteiger partial charge in [-0.1, -0.05) is 0 Å². The summed E-state index contributed by atoms with van der Waals surface area (Å²) in [7, 11) is 0. The number of benzene rings is 1. The Labute approximate surface area is 187 Å². The lowest BCUT2D eigenvalue weighted by molar-refractivity contribution is -0.149. The van der Waals surface area contributed by atoms with Crippen LogP contribution in [-0.2, 0) is 9.59 Å². The number of aryl methyl sites for hydroxylation is 2. The van der Waals surface area contributed by atoms with Crippen molar-refractivity contribution in [3.63, 3.8) is 0 Å². The van der Waals surface area contributed by atoms with Gasteiger partial charge in [-0.3, -0.25) is 9.59 Å². The zero-order valence-corrected chi connectivity index (χ0v) is 19.0. The van der Waals surface area contributed by atoms with Gasteiger partial charge in [-0.2, -0.15) is 0 Å². The van der Waals surface area contributed by atoms with E-state index in [0.29, 0.717) is 48.2 Å². The van der Waals surface area contributed by atoms with Gasteiger partial charge in [0.2, 0.25) is 5.91 Å². The lowest BCUT2D eigenvalue weighted by Crippen LogP contribution is -2.61. The molecule has 5 rings (SSSR count).